The summed E-state index contributed by atoms with van der Waals surface area (Å²) < 4.78 is 15.9. The lowest BCUT2D eigenvalue weighted by Crippen LogP contribution is -2.49. The highest BCUT2D eigenvalue weighted by Gasteiger charge is 2.22. The molecule has 0 N–H and O–H groups in total. The summed E-state index contributed by atoms with van der Waals surface area (Å²) in [5.74, 6) is 0.00402. The van der Waals surface area contributed by atoms with Crippen molar-refractivity contribution in [3.05, 3.63) is 54.6 Å². The molecule has 1 aliphatic rings. The summed E-state index contributed by atoms with van der Waals surface area (Å²) >= 11 is 0. The van der Waals surface area contributed by atoms with Crippen molar-refractivity contribution in [2.75, 3.05) is 31.1 Å². The maximum atomic E-state index is 13.8. The minimum Gasteiger partial charge on any atom is -0.366 e. The molecule has 23 heavy (non-hydrogen) atoms. The molecule has 1 saturated heterocycles. The number of carbonyl (C=O) groups excluding carboxylic acids is 1. The van der Waals surface area contributed by atoms with Gasteiger partial charge in [-0.2, -0.15) is 0 Å². The van der Waals surface area contributed by atoms with Crippen molar-refractivity contribution in [3.63, 3.8) is 0 Å². The van der Waals surface area contributed by atoms with Gasteiger partial charge in [-0.25, -0.2) is 4.39 Å². The average molecular weight is 315 g/mol. The van der Waals surface area contributed by atoms with Gasteiger partial charge in [0.05, 0.1) is 5.69 Å². The Bertz CT molecular complexity index is 633. The Hall–Kier alpha value is -2.30. The first-order chi connectivity index (χ1) is 11.2. The van der Waals surface area contributed by atoms with E-state index < -0.39 is 0 Å². The number of nitrogens with zero attached hydrogens (tertiary/aromatic N) is 3. The SMILES string of the molecule is O=C(CCCn1cccc1)N1CCN(c2ccccc2F)CC1. The van der Waals surface area contributed by atoms with E-state index in [2.05, 4.69) is 4.57 Å². The lowest BCUT2D eigenvalue weighted by molar-refractivity contribution is -0.131. The molecule has 0 bridgehead atoms. The first-order valence-electron chi connectivity index (χ1n) is 8.12. The molecule has 0 atom stereocenters. The number of halogens is 1. The zero-order chi connectivity index (χ0) is 16.1. The quantitative estimate of drug-likeness (QED) is 0.849. The fraction of sp³-hybridized carbons (Fsp3) is 0.389. The van der Waals surface area contributed by atoms with Crippen LogP contribution in [0.4, 0.5) is 10.1 Å². The number of hydrogen-bond donors (Lipinski definition) is 0. The molecule has 4 nitrogen and oxygen atoms in total. The number of piperazine rings is 1. The molecule has 1 fully saturated rings. The molecule has 0 radical (unpaired) electrons. The van der Waals surface area contributed by atoms with Gasteiger partial charge in [0.15, 0.2) is 0 Å². The number of benzene rings is 1. The summed E-state index contributed by atoms with van der Waals surface area (Å²) in [6, 6.07) is 10.8. The van der Waals surface area contributed by atoms with Crippen molar-refractivity contribution >= 4 is 11.6 Å². The first kappa shape index (κ1) is 15.6. The van der Waals surface area contributed by atoms with Crippen molar-refractivity contribution in [1.82, 2.24) is 9.47 Å². The summed E-state index contributed by atoms with van der Waals surface area (Å²) in [5, 5.41) is 0. The fourth-order valence-electron chi connectivity index (χ4n) is 3.00. The lowest BCUT2D eigenvalue weighted by Gasteiger charge is -2.36. The van der Waals surface area contributed by atoms with Crippen LogP contribution in [0.15, 0.2) is 48.8 Å². The number of aryl methyl sites for hydroxylation is 1. The summed E-state index contributed by atoms with van der Waals surface area (Å²) in [7, 11) is 0. The van der Waals surface area contributed by atoms with Gasteiger partial charge in [0.1, 0.15) is 5.82 Å². The van der Waals surface area contributed by atoms with Gasteiger partial charge in [-0.05, 0) is 30.7 Å². The highest BCUT2D eigenvalue weighted by molar-refractivity contribution is 5.76. The third-order valence-electron chi connectivity index (χ3n) is 4.30. The highest BCUT2D eigenvalue weighted by Crippen LogP contribution is 2.20. The molecule has 1 aliphatic heterocycles. The predicted molar refractivity (Wildman–Crippen MR) is 88.9 cm³/mol. The van der Waals surface area contributed by atoms with Gasteiger partial charge >= 0.3 is 0 Å². The lowest BCUT2D eigenvalue weighted by atomic mass is 10.2. The normalized spacial score (nSPS) is 15.0. The van der Waals surface area contributed by atoms with Gasteiger partial charge in [0, 0.05) is 51.5 Å². The van der Waals surface area contributed by atoms with Gasteiger partial charge in [-0.3, -0.25) is 4.79 Å². The van der Waals surface area contributed by atoms with Crippen molar-refractivity contribution in [2.45, 2.75) is 19.4 Å². The van der Waals surface area contributed by atoms with Crippen LogP contribution in [0.25, 0.3) is 0 Å². The number of carbonyl (C=O) groups is 1. The molecule has 0 aliphatic carbocycles. The maximum absolute atomic E-state index is 13.8. The van der Waals surface area contributed by atoms with E-state index in [1.54, 1.807) is 12.1 Å². The van der Waals surface area contributed by atoms with E-state index >= 15 is 0 Å². The Balaban J connectivity index is 1.45. The standard InChI is InChI=1S/C18H22FN3O/c19-16-6-1-2-7-17(16)21-12-14-22(15-13-21)18(23)8-5-11-20-9-3-4-10-20/h1-4,6-7,9-10H,5,8,11-15H2. The zero-order valence-corrected chi connectivity index (χ0v) is 13.2. The van der Waals surface area contributed by atoms with Gasteiger partial charge in [0.2, 0.25) is 5.91 Å². The second kappa shape index (κ2) is 7.31. The van der Waals surface area contributed by atoms with E-state index in [0.29, 0.717) is 38.3 Å². The molecule has 3 rings (SSSR count). The molecule has 0 unspecified atom stereocenters. The van der Waals surface area contributed by atoms with Crippen LogP contribution in [0.3, 0.4) is 0 Å². The van der Waals surface area contributed by atoms with E-state index in [4.69, 9.17) is 0 Å². The number of amides is 1. The summed E-state index contributed by atoms with van der Waals surface area (Å²) in [6.07, 6.45) is 5.44. The maximum Gasteiger partial charge on any atom is 0.222 e. The van der Waals surface area contributed by atoms with Crippen LogP contribution >= 0.6 is 0 Å². The van der Waals surface area contributed by atoms with Crippen LogP contribution in [0.1, 0.15) is 12.8 Å². The van der Waals surface area contributed by atoms with E-state index in [-0.39, 0.29) is 11.7 Å². The molecule has 1 amide bonds. The first-order valence-corrected chi connectivity index (χ1v) is 8.12. The van der Waals surface area contributed by atoms with Crippen LogP contribution in [0.5, 0.6) is 0 Å². The fourth-order valence-corrected chi connectivity index (χ4v) is 3.00. The minimum atomic E-state index is -0.195. The molecule has 1 aromatic carbocycles. The van der Waals surface area contributed by atoms with Crippen LogP contribution in [-0.2, 0) is 11.3 Å². The molecule has 5 heteroatoms. The summed E-state index contributed by atoms with van der Waals surface area (Å²) in [5.41, 5.74) is 0.632. The van der Waals surface area contributed by atoms with E-state index in [0.717, 1.165) is 13.0 Å². The zero-order valence-electron chi connectivity index (χ0n) is 13.2. The van der Waals surface area contributed by atoms with Crippen LogP contribution in [-0.4, -0.2) is 41.6 Å². The predicted octanol–water partition coefficient (Wildman–Crippen LogP) is 2.76. The third kappa shape index (κ3) is 3.92. The number of rotatable bonds is 5. The Kier molecular flexibility index (Phi) is 4.95. The number of hydrogen-bond acceptors (Lipinski definition) is 2. The van der Waals surface area contributed by atoms with Crippen molar-refractivity contribution < 1.29 is 9.18 Å². The molecule has 0 spiro atoms. The number of aromatic nitrogens is 1. The van der Waals surface area contributed by atoms with Gasteiger partial charge < -0.3 is 14.4 Å². The van der Waals surface area contributed by atoms with Crippen molar-refractivity contribution in [3.8, 4) is 0 Å². The summed E-state index contributed by atoms with van der Waals surface area (Å²) in [4.78, 5) is 16.2. The van der Waals surface area contributed by atoms with Gasteiger partial charge in [0.25, 0.3) is 0 Å². The topological polar surface area (TPSA) is 28.5 Å². The molecule has 2 heterocycles. The molecule has 122 valence electrons. The Morgan fingerprint density at radius 3 is 2.39 bits per heavy atom. The number of para-hydroxylation sites is 1. The Morgan fingerprint density at radius 2 is 1.70 bits per heavy atom. The molecular formula is C18H22FN3O. The van der Waals surface area contributed by atoms with Gasteiger partial charge in [-0.15, -0.1) is 0 Å². The van der Waals surface area contributed by atoms with Crippen LogP contribution < -0.4 is 4.90 Å². The Labute approximate surface area is 136 Å². The second-order valence-corrected chi connectivity index (χ2v) is 5.84. The van der Waals surface area contributed by atoms with Crippen molar-refractivity contribution in [2.24, 2.45) is 0 Å². The van der Waals surface area contributed by atoms with E-state index in [9.17, 15) is 9.18 Å². The van der Waals surface area contributed by atoms with E-state index in [1.165, 1.54) is 6.07 Å². The van der Waals surface area contributed by atoms with Crippen LogP contribution in [0.2, 0.25) is 0 Å². The second-order valence-electron chi connectivity index (χ2n) is 5.84. The highest BCUT2D eigenvalue weighted by atomic mass is 19.1. The Morgan fingerprint density at radius 1 is 1.00 bits per heavy atom. The van der Waals surface area contributed by atoms with Gasteiger partial charge in [-0.1, -0.05) is 12.1 Å². The van der Waals surface area contributed by atoms with Crippen LogP contribution in [0, 0.1) is 5.82 Å². The molecule has 2 aromatic rings. The largest absolute Gasteiger partial charge is 0.366 e. The molecule has 1 aromatic heterocycles. The van der Waals surface area contributed by atoms with Crippen molar-refractivity contribution in [1.29, 1.82) is 0 Å². The minimum absolute atomic E-state index is 0.195. The molecular weight excluding hydrogens is 293 g/mol. The monoisotopic (exact) mass is 315 g/mol. The summed E-state index contributed by atoms with van der Waals surface area (Å²) in [6.45, 7) is 3.57. The average Bonchev–Trinajstić information content (AvgIpc) is 3.09. The number of anilines is 1. The molecule has 0 saturated carbocycles. The van der Waals surface area contributed by atoms with E-state index in [1.807, 2.05) is 40.4 Å². The third-order valence-corrected chi connectivity index (χ3v) is 4.30. The smallest absolute Gasteiger partial charge is 0.222 e.